The first kappa shape index (κ1) is 11.7. The lowest BCUT2D eigenvalue weighted by atomic mass is 10.1. The van der Waals surface area contributed by atoms with Gasteiger partial charge >= 0.3 is 0 Å². The highest BCUT2D eigenvalue weighted by atomic mass is 15.4. The molecule has 0 aliphatic heterocycles. The predicted molar refractivity (Wildman–Crippen MR) is 77.6 cm³/mol. The van der Waals surface area contributed by atoms with Crippen molar-refractivity contribution in [3.63, 3.8) is 0 Å². The van der Waals surface area contributed by atoms with Crippen molar-refractivity contribution in [1.29, 1.82) is 0 Å². The second kappa shape index (κ2) is 5.12. The summed E-state index contributed by atoms with van der Waals surface area (Å²) in [5, 5.41) is 5.66. The Balaban J connectivity index is 1.72. The molecule has 1 aromatic heterocycles. The summed E-state index contributed by atoms with van der Waals surface area (Å²) in [6, 6.07) is 16.3. The molecule has 0 bridgehead atoms. The third kappa shape index (κ3) is 2.58. The summed E-state index contributed by atoms with van der Waals surface area (Å²) in [5.74, 6) is 0. The number of hydrogen-bond donors (Lipinski definition) is 2. The summed E-state index contributed by atoms with van der Waals surface area (Å²) >= 11 is 0. The number of benzene rings is 2. The van der Waals surface area contributed by atoms with Gasteiger partial charge in [0.05, 0.1) is 5.52 Å². The van der Waals surface area contributed by atoms with Gasteiger partial charge in [0, 0.05) is 30.9 Å². The molecular formula is C15H16N4. The fourth-order valence-electron chi connectivity index (χ4n) is 2.13. The highest BCUT2D eigenvalue weighted by molar-refractivity contribution is 5.81. The molecular weight excluding hydrogens is 236 g/mol. The zero-order chi connectivity index (χ0) is 13.1. The molecule has 0 atom stereocenters. The maximum atomic E-state index is 4.49. The molecule has 4 heteroatoms. The van der Waals surface area contributed by atoms with Crippen molar-refractivity contribution in [1.82, 2.24) is 15.2 Å². The number of aromatic nitrogens is 2. The Morgan fingerprint density at radius 1 is 1.05 bits per heavy atom. The number of rotatable bonds is 4. The van der Waals surface area contributed by atoms with Gasteiger partial charge in [0.2, 0.25) is 0 Å². The lowest BCUT2D eigenvalue weighted by Gasteiger charge is -2.08. The van der Waals surface area contributed by atoms with E-state index >= 15 is 0 Å². The van der Waals surface area contributed by atoms with Crippen LogP contribution < -0.4 is 10.9 Å². The molecule has 3 rings (SSSR count). The Morgan fingerprint density at radius 2 is 1.89 bits per heavy atom. The van der Waals surface area contributed by atoms with Crippen LogP contribution in [-0.4, -0.2) is 9.78 Å². The van der Waals surface area contributed by atoms with E-state index in [1.807, 2.05) is 48.3 Å². The SMILES string of the molecule is Cn1cc2cccc(CNNc3ccccc3)c2n1. The first-order valence-electron chi connectivity index (χ1n) is 6.28. The molecule has 0 saturated carbocycles. The topological polar surface area (TPSA) is 41.9 Å². The van der Waals surface area contributed by atoms with Crippen LogP contribution in [0.1, 0.15) is 5.56 Å². The van der Waals surface area contributed by atoms with Gasteiger partial charge in [-0.1, -0.05) is 36.4 Å². The van der Waals surface area contributed by atoms with Crippen LogP contribution in [-0.2, 0) is 13.6 Å². The second-order valence-electron chi connectivity index (χ2n) is 4.50. The highest BCUT2D eigenvalue weighted by Gasteiger charge is 2.03. The van der Waals surface area contributed by atoms with Gasteiger partial charge in [-0.15, -0.1) is 0 Å². The maximum Gasteiger partial charge on any atom is 0.0968 e. The molecule has 0 aliphatic rings. The van der Waals surface area contributed by atoms with Crippen LogP contribution in [0.5, 0.6) is 0 Å². The molecule has 0 aliphatic carbocycles. The van der Waals surface area contributed by atoms with Crippen LogP contribution in [0.4, 0.5) is 5.69 Å². The summed E-state index contributed by atoms with van der Waals surface area (Å²) in [5.41, 5.74) is 9.68. The summed E-state index contributed by atoms with van der Waals surface area (Å²) in [7, 11) is 1.94. The first-order valence-corrected chi connectivity index (χ1v) is 6.28. The van der Waals surface area contributed by atoms with E-state index in [9.17, 15) is 0 Å². The van der Waals surface area contributed by atoms with Gasteiger partial charge in [-0.05, 0) is 17.7 Å². The van der Waals surface area contributed by atoms with Crippen molar-refractivity contribution in [3.05, 3.63) is 60.3 Å². The van der Waals surface area contributed by atoms with Crippen molar-refractivity contribution >= 4 is 16.6 Å². The van der Waals surface area contributed by atoms with Crippen LogP contribution in [0.25, 0.3) is 10.9 Å². The van der Waals surface area contributed by atoms with Gasteiger partial charge in [0.25, 0.3) is 0 Å². The molecule has 0 radical (unpaired) electrons. The van der Waals surface area contributed by atoms with E-state index in [0.29, 0.717) is 0 Å². The molecule has 0 unspecified atom stereocenters. The molecule has 3 aromatic rings. The Bertz CT molecular complexity index is 673. The Morgan fingerprint density at radius 3 is 2.74 bits per heavy atom. The minimum absolute atomic E-state index is 0.725. The Kier molecular flexibility index (Phi) is 3.16. The highest BCUT2D eigenvalue weighted by Crippen LogP contribution is 2.16. The molecule has 0 spiro atoms. The second-order valence-corrected chi connectivity index (χ2v) is 4.50. The molecule has 96 valence electrons. The van der Waals surface area contributed by atoms with Gasteiger partial charge in [-0.3, -0.25) is 4.68 Å². The summed E-state index contributed by atoms with van der Waals surface area (Å²) in [6.07, 6.45) is 2.03. The molecule has 2 N–H and O–H groups in total. The fraction of sp³-hybridized carbons (Fsp3) is 0.133. The van der Waals surface area contributed by atoms with Gasteiger partial charge in [-0.25, -0.2) is 5.43 Å². The lowest BCUT2D eigenvalue weighted by Crippen LogP contribution is -2.20. The van der Waals surface area contributed by atoms with Crippen molar-refractivity contribution in [2.45, 2.75) is 6.54 Å². The van der Waals surface area contributed by atoms with Gasteiger partial charge < -0.3 is 5.43 Å². The first-order chi connectivity index (χ1) is 9.33. The van der Waals surface area contributed by atoms with E-state index in [1.54, 1.807) is 0 Å². The molecule has 19 heavy (non-hydrogen) atoms. The van der Waals surface area contributed by atoms with E-state index in [-0.39, 0.29) is 0 Å². The average molecular weight is 252 g/mol. The number of hydrogen-bond acceptors (Lipinski definition) is 3. The molecule has 1 heterocycles. The van der Waals surface area contributed by atoms with E-state index in [0.717, 1.165) is 17.7 Å². The largest absolute Gasteiger partial charge is 0.321 e. The standard InChI is InChI=1S/C15H16N4/c1-19-11-13-7-5-6-12(15(13)18-19)10-16-17-14-8-3-2-4-9-14/h2-9,11,16-17H,10H2,1H3. The molecule has 4 nitrogen and oxygen atoms in total. The normalized spacial score (nSPS) is 10.8. The quantitative estimate of drug-likeness (QED) is 0.701. The van der Waals surface area contributed by atoms with Crippen molar-refractivity contribution in [3.8, 4) is 0 Å². The van der Waals surface area contributed by atoms with Crippen molar-refractivity contribution in [2.75, 3.05) is 5.43 Å². The van der Waals surface area contributed by atoms with Crippen LogP contribution in [0.3, 0.4) is 0 Å². The molecule has 2 aromatic carbocycles. The van der Waals surface area contributed by atoms with Crippen LogP contribution in [0, 0.1) is 0 Å². The molecule has 0 saturated heterocycles. The number of fused-ring (bicyclic) bond motifs is 1. The number of hydrazine groups is 1. The number of para-hydroxylation sites is 1. The average Bonchev–Trinajstić information content (AvgIpc) is 2.81. The van der Waals surface area contributed by atoms with E-state index in [2.05, 4.69) is 34.1 Å². The lowest BCUT2D eigenvalue weighted by molar-refractivity contribution is 0.769. The smallest absolute Gasteiger partial charge is 0.0968 e. The van der Waals surface area contributed by atoms with Crippen molar-refractivity contribution < 1.29 is 0 Å². The number of nitrogens with zero attached hydrogens (tertiary/aromatic N) is 2. The van der Waals surface area contributed by atoms with Gasteiger partial charge in [0.15, 0.2) is 0 Å². The summed E-state index contributed by atoms with van der Waals surface area (Å²) < 4.78 is 1.85. The van der Waals surface area contributed by atoms with Gasteiger partial charge in [-0.2, -0.15) is 5.10 Å². The molecule has 0 amide bonds. The fourth-order valence-corrected chi connectivity index (χ4v) is 2.13. The van der Waals surface area contributed by atoms with E-state index < -0.39 is 0 Å². The van der Waals surface area contributed by atoms with Crippen molar-refractivity contribution in [2.24, 2.45) is 7.05 Å². The van der Waals surface area contributed by atoms with E-state index in [4.69, 9.17) is 0 Å². The maximum absolute atomic E-state index is 4.49. The van der Waals surface area contributed by atoms with E-state index in [1.165, 1.54) is 10.9 Å². The zero-order valence-electron chi connectivity index (χ0n) is 10.8. The zero-order valence-corrected chi connectivity index (χ0v) is 10.8. The predicted octanol–water partition coefficient (Wildman–Crippen LogP) is 2.69. The Labute approximate surface area is 112 Å². The monoisotopic (exact) mass is 252 g/mol. The summed E-state index contributed by atoms with van der Waals surface area (Å²) in [6.45, 7) is 0.725. The minimum atomic E-state index is 0.725. The van der Waals surface area contributed by atoms with Crippen LogP contribution >= 0.6 is 0 Å². The minimum Gasteiger partial charge on any atom is -0.321 e. The van der Waals surface area contributed by atoms with Crippen LogP contribution in [0.2, 0.25) is 0 Å². The Hall–Kier alpha value is -2.33. The van der Waals surface area contributed by atoms with Gasteiger partial charge in [0.1, 0.15) is 0 Å². The number of nitrogens with one attached hydrogen (secondary N) is 2. The summed E-state index contributed by atoms with van der Waals surface area (Å²) in [4.78, 5) is 0. The number of anilines is 1. The third-order valence-corrected chi connectivity index (χ3v) is 3.02. The van der Waals surface area contributed by atoms with Crippen LogP contribution in [0.15, 0.2) is 54.7 Å². The number of aryl methyl sites for hydroxylation is 1. The third-order valence-electron chi connectivity index (χ3n) is 3.02. The molecule has 0 fully saturated rings.